The molecule has 1 fully saturated rings. The number of hydrogen-bond donors (Lipinski definition) is 2. The van der Waals surface area contributed by atoms with Gasteiger partial charge >= 0.3 is 6.09 Å². The highest BCUT2D eigenvalue weighted by Crippen LogP contribution is 2.21. The van der Waals surface area contributed by atoms with E-state index in [4.69, 9.17) is 19.2 Å². The normalized spacial score (nSPS) is 32.2. The van der Waals surface area contributed by atoms with E-state index in [1.165, 1.54) is 0 Å². The van der Waals surface area contributed by atoms with Gasteiger partial charge in [-0.3, -0.25) is 0 Å². The molecule has 1 aromatic heterocycles. The zero-order chi connectivity index (χ0) is 26.9. The van der Waals surface area contributed by atoms with Gasteiger partial charge in [-0.2, -0.15) is 0 Å². The summed E-state index contributed by atoms with van der Waals surface area (Å²) in [6.07, 6.45) is -5.00. The summed E-state index contributed by atoms with van der Waals surface area (Å²) in [6.45, 7) is -10.1. The monoisotopic (exact) mass is 301 g/mol. The van der Waals surface area contributed by atoms with Crippen molar-refractivity contribution in [2.24, 2.45) is 0 Å². The quantitative estimate of drug-likeness (QED) is 0.887. The number of aromatic amines is 1. The molecule has 1 aromatic carbocycles. The number of benzene rings is 1. The first-order valence-corrected chi connectivity index (χ1v) is 6.07. The van der Waals surface area contributed by atoms with E-state index in [-0.39, 0.29) is 21.4 Å². The van der Waals surface area contributed by atoms with E-state index in [0.717, 1.165) is 0 Å². The zero-order valence-electron chi connectivity index (χ0n) is 24.8. The van der Waals surface area contributed by atoms with Crippen LogP contribution in [0.25, 0.3) is 10.9 Å². The van der Waals surface area contributed by atoms with Crippen LogP contribution in [0.2, 0.25) is 0 Å². The number of aromatic nitrogens is 1. The van der Waals surface area contributed by atoms with Gasteiger partial charge in [0.15, 0.2) is 0 Å². The third-order valence-electron chi connectivity index (χ3n) is 2.83. The average molecular weight is 301 g/mol. The van der Waals surface area contributed by atoms with Gasteiger partial charge in [-0.05, 0) is 50.0 Å². The van der Waals surface area contributed by atoms with E-state index in [0.29, 0.717) is 0 Å². The van der Waals surface area contributed by atoms with Gasteiger partial charge in [-0.25, -0.2) is 4.79 Å². The van der Waals surface area contributed by atoms with E-state index in [2.05, 4.69) is 15.0 Å². The largest absolute Gasteiger partial charge is 0.447 e. The molecule has 2 N–H and O–H groups in total. The molecule has 0 spiro atoms. The Labute approximate surface area is 143 Å². The molecule has 1 aliphatic rings. The van der Waals surface area contributed by atoms with Gasteiger partial charge in [0.1, 0.15) is 6.56 Å². The van der Waals surface area contributed by atoms with Crippen molar-refractivity contribution < 1.29 is 28.7 Å². The molecule has 0 aliphatic carbocycles. The Morgan fingerprint density at radius 2 is 2.52 bits per heavy atom. The van der Waals surface area contributed by atoms with Crippen LogP contribution in [0.4, 0.5) is 4.79 Å². The summed E-state index contributed by atoms with van der Waals surface area (Å²) in [5.74, 6) is 0. The number of carbonyl (C=O) groups is 1. The van der Waals surface area contributed by atoms with Crippen LogP contribution in [-0.2, 0) is 17.5 Å². The molecule has 112 valence electrons. The minimum Gasteiger partial charge on any atom is -0.447 e. The van der Waals surface area contributed by atoms with Gasteiger partial charge in [0.25, 0.3) is 0 Å². The lowest BCUT2D eigenvalue weighted by molar-refractivity contribution is 0.177. The van der Waals surface area contributed by atoms with E-state index in [1.54, 1.807) is 0 Å². The van der Waals surface area contributed by atoms with Gasteiger partial charge in [-0.1, -0.05) is 6.04 Å². The number of likely N-dealkylation sites (N-methyl/N-ethyl adjacent to an activating group) is 1. The molecule has 5 heteroatoms. The fraction of sp³-hybridized carbons (Fsp3) is 0.438. The predicted octanol–water partition coefficient (Wildman–Crippen LogP) is 1.92. The van der Waals surface area contributed by atoms with Crippen LogP contribution in [0.5, 0.6) is 0 Å². The molecule has 2 aromatic rings. The van der Waals surface area contributed by atoms with Crippen molar-refractivity contribution >= 4 is 17.0 Å². The lowest BCUT2D eigenvalue weighted by Gasteiger charge is -2.09. The molecule has 1 aliphatic heterocycles. The van der Waals surface area contributed by atoms with E-state index in [9.17, 15) is 4.79 Å². The van der Waals surface area contributed by atoms with Crippen LogP contribution in [0.15, 0.2) is 24.3 Å². The molecule has 0 saturated carbocycles. The Kier molecular flexibility index (Phi) is 1.38. The van der Waals surface area contributed by atoms with Crippen LogP contribution in [0, 0.1) is 0 Å². The first-order chi connectivity index (χ1) is 15.7. The van der Waals surface area contributed by atoms with E-state index >= 15 is 0 Å². The molecule has 1 saturated heterocycles. The second-order valence-electron chi connectivity index (χ2n) is 4.40. The molecule has 0 unspecified atom stereocenters. The number of amides is 1. The molecule has 0 bridgehead atoms. The van der Waals surface area contributed by atoms with Crippen molar-refractivity contribution in [3.8, 4) is 0 Å². The first kappa shape index (κ1) is 5.02. The molecular weight excluding hydrogens is 266 g/mol. The second kappa shape index (κ2) is 5.77. The van der Waals surface area contributed by atoms with Crippen molar-refractivity contribution in [3.63, 3.8) is 0 Å². The predicted molar refractivity (Wildman–Crippen MR) is 82.5 cm³/mol. The number of H-pyrrole nitrogens is 1. The van der Waals surface area contributed by atoms with Crippen molar-refractivity contribution in [1.29, 1.82) is 0 Å². The van der Waals surface area contributed by atoms with Crippen LogP contribution in [0.1, 0.15) is 30.3 Å². The molecule has 0 radical (unpaired) electrons. The third kappa shape index (κ3) is 3.19. The SMILES string of the molecule is [2H]c1[nH]c2c([2H])c([2H])c(C[C@@H]3NC(=O)OC3([2H])[2H])c([2H])c2c1C([2H])([2H])CN(C([2H])([2H])[2H])C([2H])([2H])[2H]. The number of hydrogen-bond acceptors (Lipinski definition) is 3. The maximum atomic E-state index is 11.5. The molecule has 5 nitrogen and oxygen atoms in total. The molecule has 21 heavy (non-hydrogen) atoms. The molecular formula is C16H21N3O2. The van der Waals surface area contributed by atoms with E-state index < -0.39 is 81.8 Å². The molecule has 3 rings (SSSR count). The number of carbonyl (C=O) groups excluding carboxylic acids is 1. The Morgan fingerprint density at radius 3 is 3.29 bits per heavy atom. The first-order valence-electron chi connectivity index (χ1n) is 13.1. The van der Waals surface area contributed by atoms with Gasteiger partial charge in [0.2, 0.25) is 0 Å². The summed E-state index contributed by atoms with van der Waals surface area (Å²) in [7, 11) is 0. The maximum Gasteiger partial charge on any atom is 0.407 e. The Bertz CT molecular complexity index is 1160. The van der Waals surface area contributed by atoms with Gasteiger partial charge in [0, 0.05) is 34.6 Å². The number of alkyl carbamates (subject to hydrolysis) is 1. The van der Waals surface area contributed by atoms with Crippen molar-refractivity contribution in [1.82, 2.24) is 15.2 Å². The maximum absolute atomic E-state index is 11.5. The van der Waals surface area contributed by atoms with E-state index in [1.807, 2.05) is 0 Å². The average Bonchev–Trinajstić information content (AvgIpc) is 3.15. The number of ether oxygens (including phenoxy) is 1. The fourth-order valence-corrected chi connectivity index (χ4v) is 1.93. The smallest absolute Gasteiger partial charge is 0.407 e. The van der Waals surface area contributed by atoms with Crippen LogP contribution in [-0.4, -0.2) is 49.1 Å². The lowest BCUT2D eigenvalue weighted by Crippen LogP contribution is -2.28. The summed E-state index contributed by atoms with van der Waals surface area (Å²) < 4.78 is 115. The van der Waals surface area contributed by atoms with Crippen LogP contribution in [0.3, 0.4) is 0 Å². The molecule has 1 atom stereocenters. The highest BCUT2D eigenvalue weighted by molar-refractivity contribution is 5.84. The third-order valence-corrected chi connectivity index (χ3v) is 2.83. The zero-order valence-corrected chi connectivity index (χ0v) is 10.8. The number of nitrogens with one attached hydrogen (secondary N) is 2. The number of cyclic esters (lactones) is 1. The summed E-state index contributed by atoms with van der Waals surface area (Å²) in [5.41, 5.74) is -1.10. The van der Waals surface area contributed by atoms with Gasteiger partial charge in [-0.15, -0.1) is 0 Å². The van der Waals surface area contributed by atoms with Gasteiger partial charge in [0.05, 0.1) is 14.3 Å². The highest BCUT2D eigenvalue weighted by Gasteiger charge is 2.22. The number of rotatable bonds is 5. The Morgan fingerprint density at radius 1 is 1.62 bits per heavy atom. The van der Waals surface area contributed by atoms with Crippen LogP contribution >= 0.6 is 0 Å². The minimum atomic E-state index is -3.22. The second-order valence-corrected chi connectivity index (χ2v) is 4.40. The van der Waals surface area contributed by atoms with Crippen LogP contribution < -0.4 is 5.32 Å². The molecule has 2 heterocycles. The standard InChI is InChI=1S/C16H21N3O2/c1-19(2)6-5-12-9-17-15-4-3-11(8-14(12)15)7-13-10-21-16(20)18-13/h3-4,8-9,13,17H,5-7,10H2,1-2H3,(H,18,20)/t13-/m0/s1/i1D3,2D3,3D,4D,5D2,8D,9D,10D2. The number of fused-ring (bicyclic) bond motifs is 1. The fourth-order valence-electron chi connectivity index (χ4n) is 1.93. The van der Waals surface area contributed by atoms with Crippen molar-refractivity contribution in [2.45, 2.75) is 18.8 Å². The number of nitrogens with zero attached hydrogens (tertiary/aromatic N) is 1. The molecule has 1 amide bonds. The minimum absolute atomic E-state index is 0.0246. The van der Waals surface area contributed by atoms with Gasteiger partial charge < -0.3 is 19.9 Å². The summed E-state index contributed by atoms with van der Waals surface area (Å²) in [6, 6.07) is -2.97. The Balaban J connectivity index is 2.19. The Hall–Kier alpha value is -2.01. The van der Waals surface area contributed by atoms with Crippen molar-refractivity contribution in [2.75, 3.05) is 27.1 Å². The highest BCUT2D eigenvalue weighted by atomic mass is 16.6. The summed E-state index contributed by atoms with van der Waals surface area (Å²) in [5, 5.41) is 1.86. The summed E-state index contributed by atoms with van der Waals surface area (Å²) in [4.78, 5) is 13.9. The lowest BCUT2D eigenvalue weighted by atomic mass is 10.0. The van der Waals surface area contributed by atoms with Crippen molar-refractivity contribution in [3.05, 3.63) is 35.4 Å². The summed E-state index contributed by atoms with van der Waals surface area (Å²) >= 11 is 0. The topological polar surface area (TPSA) is 57.4 Å².